The lowest BCUT2D eigenvalue weighted by atomic mass is 10.2. The van der Waals surface area contributed by atoms with Crippen LogP contribution in [0, 0.1) is 0 Å². The zero-order valence-corrected chi connectivity index (χ0v) is 14.5. The maximum absolute atomic E-state index is 5.91. The maximum Gasteiger partial charge on any atom is 0.118 e. The first-order valence-corrected chi connectivity index (χ1v) is 9.23. The summed E-state index contributed by atoms with van der Waals surface area (Å²) in [5, 5.41) is 2.44. The summed E-state index contributed by atoms with van der Waals surface area (Å²) in [6.07, 6.45) is 0. The van der Waals surface area contributed by atoms with Gasteiger partial charge in [-0.15, -0.1) is 23.5 Å². The third kappa shape index (κ3) is 4.00. The van der Waals surface area contributed by atoms with Gasteiger partial charge in [-0.3, -0.25) is 4.99 Å². The number of hydrogen-bond donors (Lipinski definition) is 0. The smallest absolute Gasteiger partial charge is 0.118 e. The van der Waals surface area contributed by atoms with Crippen LogP contribution in [0.25, 0.3) is 0 Å². The van der Waals surface area contributed by atoms with E-state index in [4.69, 9.17) is 16.3 Å². The second-order valence-electron chi connectivity index (χ2n) is 4.88. The lowest BCUT2D eigenvalue weighted by Crippen LogP contribution is -2.06. The topological polar surface area (TPSA) is 21.6 Å². The van der Waals surface area contributed by atoms with Crippen molar-refractivity contribution >= 4 is 40.2 Å². The molecule has 2 aromatic carbocycles. The van der Waals surface area contributed by atoms with E-state index in [1.54, 1.807) is 7.11 Å². The summed E-state index contributed by atoms with van der Waals surface area (Å²) in [5.74, 6) is 1.93. The fourth-order valence-electron chi connectivity index (χ4n) is 2.12. The molecule has 2 aromatic rings. The molecular weight excluding hydrogens is 334 g/mol. The molecular formula is C17H16ClNOS2. The Bertz CT molecular complexity index is 655. The van der Waals surface area contributed by atoms with E-state index in [1.807, 2.05) is 47.8 Å². The summed E-state index contributed by atoms with van der Waals surface area (Å²) < 4.78 is 5.19. The summed E-state index contributed by atoms with van der Waals surface area (Å²) >= 11 is 9.63. The van der Waals surface area contributed by atoms with Crippen molar-refractivity contribution < 1.29 is 4.74 Å². The molecule has 2 nitrogen and oxygen atoms in total. The molecule has 1 atom stereocenters. The molecule has 0 saturated carbocycles. The largest absolute Gasteiger partial charge is 0.497 e. The van der Waals surface area contributed by atoms with Gasteiger partial charge in [0.15, 0.2) is 0 Å². The average Bonchev–Trinajstić information content (AvgIpc) is 3.03. The number of methoxy groups -OCH3 is 1. The quantitative estimate of drug-likeness (QED) is 0.709. The molecule has 0 bridgehead atoms. The van der Waals surface area contributed by atoms with Gasteiger partial charge in [0.25, 0.3) is 0 Å². The molecule has 0 unspecified atom stereocenters. The second kappa shape index (κ2) is 7.44. The van der Waals surface area contributed by atoms with Crippen molar-refractivity contribution in [3.63, 3.8) is 0 Å². The molecule has 1 heterocycles. The molecule has 0 aliphatic carbocycles. The number of ether oxygens (including phenoxy) is 1. The van der Waals surface area contributed by atoms with Crippen molar-refractivity contribution in [3.05, 3.63) is 59.1 Å². The van der Waals surface area contributed by atoms with Gasteiger partial charge in [-0.1, -0.05) is 11.6 Å². The Morgan fingerprint density at radius 1 is 1.18 bits per heavy atom. The van der Waals surface area contributed by atoms with Crippen LogP contribution < -0.4 is 4.74 Å². The molecule has 5 heteroatoms. The number of aliphatic imine (C=N–C) groups is 1. The summed E-state index contributed by atoms with van der Waals surface area (Å²) in [4.78, 5) is 5.93. The molecule has 22 heavy (non-hydrogen) atoms. The van der Waals surface area contributed by atoms with Crippen LogP contribution in [0.4, 0.5) is 0 Å². The molecule has 3 rings (SSSR count). The van der Waals surface area contributed by atoms with Crippen LogP contribution in [-0.2, 0) is 0 Å². The minimum atomic E-state index is 0.526. The van der Waals surface area contributed by atoms with Gasteiger partial charge < -0.3 is 4.74 Å². The maximum atomic E-state index is 5.91. The van der Waals surface area contributed by atoms with Gasteiger partial charge in [-0.25, -0.2) is 0 Å². The Morgan fingerprint density at radius 2 is 1.91 bits per heavy atom. The van der Waals surface area contributed by atoms with Crippen LogP contribution in [-0.4, -0.2) is 29.7 Å². The summed E-state index contributed by atoms with van der Waals surface area (Å²) in [5.41, 5.74) is 1.17. The molecule has 114 valence electrons. The van der Waals surface area contributed by atoms with Crippen LogP contribution in [0.3, 0.4) is 0 Å². The van der Waals surface area contributed by atoms with Crippen molar-refractivity contribution in [1.82, 2.24) is 0 Å². The first-order chi connectivity index (χ1) is 10.7. The van der Waals surface area contributed by atoms with Crippen LogP contribution in [0.5, 0.6) is 5.75 Å². The Morgan fingerprint density at radius 3 is 2.59 bits per heavy atom. The molecule has 0 amide bonds. The van der Waals surface area contributed by atoms with Gasteiger partial charge in [0.1, 0.15) is 5.75 Å². The van der Waals surface area contributed by atoms with Crippen LogP contribution in [0.1, 0.15) is 5.56 Å². The van der Waals surface area contributed by atoms with Gasteiger partial charge in [0.05, 0.1) is 18.7 Å². The lowest BCUT2D eigenvalue weighted by Gasteiger charge is -2.08. The van der Waals surface area contributed by atoms with E-state index in [1.165, 1.54) is 10.5 Å². The van der Waals surface area contributed by atoms with Crippen molar-refractivity contribution in [2.75, 3.05) is 19.4 Å². The minimum absolute atomic E-state index is 0.526. The molecule has 0 spiro atoms. The minimum Gasteiger partial charge on any atom is -0.497 e. The number of rotatable bonds is 5. The number of thioether (sulfide) groups is 2. The number of nitrogens with zero attached hydrogens (tertiary/aromatic N) is 1. The van der Waals surface area contributed by atoms with Crippen LogP contribution in [0.2, 0.25) is 5.02 Å². The number of hydrogen-bond acceptors (Lipinski definition) is 4. The SMILES string of the molecule is COc1ccc(C2=NC[C@@H](CSc3ccc(Cl)cc3)S2)cc1. The van der Waals surface area contributed by atoms with Crippen molar-refractivity contribution in [2.45, 2.75) is 10.1 Å². The van der Waals surface area contributed by atoms with Gasteiger partial charge >= 0.3 is 0 Å². The first kappa shape index (κ1) is 15.8. The normalized spacial score (nSPS) is 17.4. The summed E-state index contributed by atoms with van der Waals surface area (Å²) in [7, 11) is 1.68. The Labute approximate surface area is 144 Å². The predicted octanol–water partition coefficient (Wildman–Crippen LogP) is 5.00. The zero-order valence-electron chi connectivity index (χ0n) is 12.2. The molecule has 1 aliphatic rings. The van der Waals surface area contributed by atoms with Gasteiger partial charge in [-0.2, -0.15) is 0 Å². The fraction of sp³-hybridized carbons (Fsp3) is 0.235. The summed E-state index contributed by atoms with van der Waals surface area (Å²) in [6, 6.07) is 16.1. The molecule has 0 saturated heterocycles. The molecule has 0 N–H and O–H groups in total. The molecule has 0 radical (unpaired) electrons. The highest BCUT2D eigenvalue weighted by Crippen LogP contribution is 2.31. The molecule has 0 aromatic heterocycles. The standard InChI is InChI=1S/C17H16ClNOS2/c1-20-14-6-2-12(3-7-14)17-19-10-16(22-17)11-21-15-8-4-13(18)5-9-15/h2-9,16H,10-11H2,1H3/t16-/m0/s1. The monoisotopic (exact) mass is 349 g/mol. The summed E-state index contributed by atoms with van der Waals surface area (Å²) in [6.45, 7) is 0.882. The van der Waals surface area contributed by atoms with E-state index in [0.717, 1.165) is 28.1 Å². The fourth-order valence-corrected chi connectivity index (χ4v) is 4.42. The van der Waals surface area contributed by atoms with E-state index in [0.29, 0.717) is 5.25 Å². The van der Waals surface area contributed by atoms with E-state index in [-0.39, 0.29) is 0 Å². The van der Waals surface area contributed by atoms with Crippen molar-refractivity contribution in [2.24, 2.45) is 4.99 Å². The van der Waals surface area contributed by atoms with E-state index in [2.05, 4.69) is 29.3 Å². The van der Waals surface area contributed by atoms with Gasteiger partial charge in [0.2, 0.25) is 0 Å². The molecule has 1 aliphatic heterocycles. The van der Waals surface area contributed by atoms with E-state index in [9.17, 15) is 0 Å². The first-order valence-electron chi connectivity index (χ1n) is 6.98. The Kier molecular flexibility index (Phi) is 5.34. The highest BCUT2D eigenvalue weighted by atomic mass is 35.5. The third-order valence-corrected chi connectivity index (χ3v) is 6.18. The second-order valence-corrected chi connectivity index (χ2v) is 7.70. The van der Waals surface area contributed by atoms with Gasteiger partial charge in [0, 0.05) is 26.5 Å². The predicted molar refractivity (Wildman–Crippen MR) is 98.0 cm³/mol. The van der Waals surface area contributed by atoms with Gasteiger partial charge in [-0.05, 0) is 48.5 Å². The van der Waals surface area contributed by atoms with Crippen molar-refractivity contribution in [3.8, 4) is 5.75 Å². The average molecular weight is 350 g/mol. The zero-order chi connectivity index (χ0) is 15.4. The Hall–Kier alpha value is -1.10. The van der Waals surface area contributed by atoms with E-state index >= 15 is 0 Å². The van der Waals surface area contributed by atoms with E-state index < -0.39 is 0 Å². The highest BCUT2D eigenvalue weighted by molar-refractivity contribution is 8.16. The Balaban J connectivity index is 1.53. The van der Waals surface area contributed by atoms with Crippen molar-refractivity contribution in [1.29, 1.82) is 0 Å². The number of halogens is 1. The molecule has 0 fully saturated rings. The number of benzene rings is 2. The highest BCUT2D eigenvalue weighted by Gasteiger charge is 2.20. The van der Waals surface area contributed by atoms with Crippen LogP contribution in [0.15, 0.2) is 58.4 Å². The lowest BCUT2D eigenvalue weighted by molar-refractivity contribution is 0.415. The van der Waals surface area contributed by atoms with Crippen LogP contribution >= 0.6 is 35.1 Å². The third-order valence-electron chi connectivity index (χ3n) is 3.30.